The lowest BCUT2D eigenvalue weighted by atomic mass is 10.2. The van der Waals surface area contributed by atoms with Crippen LogP contribution in [0, 0.1) is 6.92 Å². The van der Waals surface area contributed by atoms with E-state index in [9.17, 15) is 0 Å². The number of nitrogens with one attached hydrogen (secondary N) is 1. The maximum absolute atomic E-state index is 5.40. The zero-order valence-corrected chi connectivity index (χ0v) is 11.9. The number of rotatable bonds is 5. The summed E-state index contributed by atoms with van der Waals surface area (Å²) in [6.45, 7) is 2.50. The Hall–Kier alpha value is -2.34. The molecule has 1 heterocycles. The summed E-state index contributed by atoms with van der Waals surface area (Å²) < 4.78 is 5.23. The van der Waals surface area contributed by atoms with Gasteiger partial charge in [0.1, 0.15) is 17.4 Å². The van der Waals surface area contributed by atoms with E-state index in [2.05, 4.69) is 20.3 Å². The summed E-state index contributed by atoms with van der Waals surface area (Å²) in [5.74, 6) is 7.55. The van der Waals surface area contributed by atoms with Gasteiger partial charge in [-0.05, 0) is 19.1 Å². The van der Waals surface area contributed by atoms with E-state index in [1.165, 1.54) is 0 Å². The van der Waals surface area contributed by atoms with E-state index >= 15 is 0 Å². The largest absolute Gasteiger partial charge is 0.497 e. The second-order valence-corrected chi connectivity index (χ2v) is 4.51. The van der Waals surface area contributed by atoms with Gasteiger partial charge in [-0.2, -0.15) is 0 Å². The van der Waals surface area contributed by atoms with Crippen LogP contribution in [0.15, 0.2) is 30.3 Å². The van der Waals surface area contributed by atoms with Gasteiger partial charge in [-0.25, -0.2) is 15.8 Å². The zero-order chi connectivity index (χ0) is 14.5. The Morgan fingerprint density at radius 3 is 2.80 bits per heavy atom. The van der Waals surface area contributed by atoms with Crippen molar-refractivity contribution in [2.24, 2.45) is 5.84 Å². The van der Waals surface area contributed by atoms with Gasteiger partial charge in [0.05, 0.1) is 13.7 Å². The van der Waals surface area contributed by atoms with Crippen molar-refractivity contribution in [1.82, 2.24) is 9.97 Å². The molecule has 106 valence electrons. The van der Waals surface area contributed by atoms with Gasteiger partial charge in [-0.1, -0.05) is 6.07 Å². The van der Waals surface area contributed by atoms with Gasteiger partial charge in [-0.3, -0.25) is 0 Å². The molecule has 2 aromatic rings. The third-order valence-corrected chi connectivity index (χ3v) is 2.92. The molecule has 0 saturated carbocycles. The van der Waals surface area contributed by atoms with Crippen LogP contribution in [-0.2, 0) is 6.54 Å². The van der Waals surface area contributed by atoms with E-state index < -0.39 is 0 Å². The fourth-order valence-electron chi connectivity index (χ4n) is 1.93. The van der Waals surface area contributed by atoms with Crippen molar-refractivity contribution in [3.63, 3.8) is 0 Å². The van der Waals surface area contributed by atoms with Gasteiger partial charge in [0.15, 0.2) is 0 Å². The number of hydrogen-bond donors (Lipinski definition) is 2. The summed E-state index contributed by atoms with van der Waals surface area (Å²) in [5.41, 5.74) is 4.47. The Labute approximate surface area is 118 Å². The SMILES string of the molecule is COc1cccc(N(C)Cc2nc(C)cc(NN)n2)c1. The summed E-state index contributed by atoms with van der Waals surface area (Å²) in [6.07, 6.45) is 0. The number of ether oxygens (including phenoxy) is 1. The molecule has 20 heavy (non-hydrogen) atoms. The molecule has 0 saturated heterocycles. The fourth-order valence-corrected chi connectivity index (χ4v) is 1.93. The molecule has 0 bridgehead atoms. The lowest BCUT2D eigenvalue weighted by molar-refractivity contribution is 0.415. The number of nitrogens with zero attached hydrogens (tertiary/aromatic N) is 3. The first-order chi connectivity index (χ1) is 9.62. The normalized spacial score (nSPS) is 10.2. The van der Waals surface area contributed by atoms with Crippen LogP contribution in [0.3, 0.4) is 0 Å². The lowest BCUT2D eigenvalue weighted by Gasteiger charge is -2.19. The average molecular weight is 273 g/mol. The lowest BCUT2D eigenvalue weighted by Crippen LogP contribution is -2.19. The van der Waals surface area contributed by atoms with E-state index in [0.717, 1.165) is 17.1 Å². The van der Waals surface area contributed by atoms with Crippen molar-refractivity contribution >= 4 is 11.5 Å². The number of benzene rings is 1. The average Bonchev–Trinajstić information content (AvgIpc) is 2.46. The summed E-state index contributed by atoms with van der Waals surface area (Å²) in [6, 6.07) is 9.65. The molecule has 0 aliphatic rings. The number of anilines is 2. The Bertz CT molecular complexity index is 588. The van der Waals surface area contributed by atoms with Gasteiger partial charge in [0.2, 0.25) is 0 Å². The van der Waals surface area contributed by atoms with Crippen LogP contribution in [-0.4, -0.2) is 24.1 Å². The topological polar surface area (TPSA) is 76.3 Å². The van der Waals surface area contributed by atoms with Crippen LogP contribution in [0.25, 0.3) is 0 Å². The van der Waals surface area contributed by atoms with Gasteiger partial charge in [0.25, 0.3) is 0 Å². The van der Waals surface area contributed by atoms with E-state index in [0.29, 0.717) is 18.2 Å². The minimum absolute atomic E-state index is 0.587. The van der Waals surface area contributed by atoms with E-state index in [1.54, 1.807) is 13.2 Å². The monoisotopic (exact) mass is 273 g/mol. The Morgan fingerprint density at radius 2 is 2.10 bits per heavy atom. The maximum atomic E-state index is 5.40. The first-order valence-corrected chi connectivity index (χ1v) is 6.28. The van der Waals surface area contributed by atoms with Crippen molar-refractivity contribution in [3.8, 4) is 5.75 Å². The Balaban J connectivity index is 2.18. The Morgan fingerprint density at radius 1 is 1.30 bits per heavy atom. The molecule has 6 heteroatoms. The third kappa shape index (κ3) is 3.36. The molecule has 0 amide bonds. The van der Waals surface area contributed by atoms with E-state index in [1.807, 2.05) is 38.2 Å². The highest BCUT2D eigenvalue weighted by atomic mass is 16.5. The molecule has 3 N–H and O–H groups in total. The molecule has 0 aliphatic carbocycles. The molecular formula is C14H19N5O. The van der Waals surface area contributed by atoms with Crippen molar-refractivity contribution in [3.05, 3.63) is 41.9 Å². The molecule has 1 aromatic carbocycles. The van der Waals surface area contributed by atoms with Crippen molar-refractivity contribution in [1.29, 1.82) is 0 Å². The molecule has 0 radical (unpaired) electrons. The number of aryl methyl sites for hydroxylation is 1. The number of nitrogens with two attached hydrogens (primary N) is 1. The smallest absolute Gasteiger partial charge is 0.150 e. The maximum Gasteiger partial charge on any atom is 0.150 e. The number of hydrogen-bond acceptors (Lipinski definition) is 6. The number of aromatic nitrogens is 2. The van der Waals surface area contributed by atoms with Crippen LogP contribution in [0.2, 0.25) is 0 Å². The van der Waals surface area contributed by atoms with Crippen LogP contribution in [0.1, 0.15) is 11.5 Å². The molecule has 0 unspecified atom stereocenters. The standard InChI is InChI=1S/C14H19N5O/c1-10-7-13(18-15)17-14(16-10)9-19(2)11-5-4-6-12(8-11)20-3/h4-8H,9,15H2,1-3H3,(H,16,17,18). The van der Waals surface area contributed by atoms with Crippen LogP contribution < -0.4 is 20.9 Å². The van der Waals surface area contributed by atoms with Gasteiger partial charge < -0.3 is 15.1 Å². The van der Waals surface area contributed by atoms with E-state index in [-0.39, 0.29) is 0 Å². The molecule has 0 fully saturated rings. The highest BCUT2D eigenvalue weighted by Gasteiger charge is 2.07. The van der Waals surface area contributed by atoms with Crippen molar-refractivity contribution in [2.75, 3.05) is 24.5 Å². The summed E-state index contributed by atoms with van der Waals surface area (Å²) in [5, 5.41) is 0. The van der Waals surface area contributed by atoms with E-state index in [4.69, 9.17) is 10.6 Å². The predicted octanol–water partition coefficient (Wildman–Crippen LogP) is 1.72. The van der Waals surface area contributed by atoms with Gasteiger partial charge >= 0.3 is 0 Å². The molecule has 2 rings (SSSR count). The van der Waals surface area contributed by atoms with Crippen LogP contribution in [0.5, 0.6) is 5.75 Å². The minimum atomic E-state index is 0.587. The van der Waals surface area contributed by atoms with Gasteiger partial charge in [-0.15, -0.1) is 0 Å². The first-order valence-electron chi connectivity index (χ1n) is 6.28. The molecule has 0 aliphatic heterocycles. The number of hydrazine groups is 1. The second-order valence-electron chi connectivity index (χ2n) is 4.51. The summed E-state index contributed by atoms with van der Waals surface area (Å²) in [7, 11) is 3.64. The highest BCUT2D eigenvalue weighted by Crippen LogP contribution is 2.21. The quantitative estimate of drug-likeness (QED) is 0.638. The molecule has 0 spiro atoms. The summed E-state index contributed by atoms with van der Waals surface area (Å²) >= 11 is 0. The highest BCUT2D eigenvalue weighted by molar-refractivity contribution is 5.50. The predicted molar refractivity (Wildman–Crippen MR) is 79.7 cm³/mol. The minimum Gasteiger partial charge on any atom is -0.497 e. The van der Waals surface area contributed by atoms with Crippen LogP contribution >= 0.6 is 0 Å². The Kier molecular flexibility index (Phi) is 4.37. The molecule has 0 atom stereocenters. The third-order valence-electron chi connectivity index (χ3n) is 2.92. The zero-order valence-electron chi connectivity index (χ0n) is 11.9. The number of nitrogen functional groups attached to an aromatic ring is 1. The van der Waals surface area contributed by atoms with Crippen LogP contribution in [0.4, 0.5) is 11.5 Å². The van der Waals surface area contributed by atoms with Gasteiger partial charge in [0, 0.05) is 30.6 Å². The molecular weight excluding hydrogens is 254 g/mol. The molecule has 1 aromatic heterocycles. The summed E-state index contributed by atoms with van der Waals surface area (Å²) in [4.78, 5) is 10.8. The first kappa shape index (κ1) is 14.1. The second kappa shape index (κ2) is 6.21. The fraction of sp³-hybridized carbons (Fsp3) is 0.286. The molecule has 6 nitrogen and oxygen atoms in total. The van der Waals surface area contributed by atoms with Crippen molar-refractivity contribution < 1.29 is 4.74 Å². The van der Waals surface area contributed by atoms with Crippen molar-refractivity contribution in [2.45, 2.75) is 13.5 Å². The number of methoxy groups -OCH3 is 1.